The van der Waals surface area contributed by atoms with E-state index in [9.17, 15) is 26.7 Å². The maximum atomic E-state index is 13.1. The van der Waals surface area contributed by atoms with Crippen LogP contribution in [0.2, 0.25) is 0 Å². The summed E-state index contributed by atoms with van der Waals surface area (Å²) in [6.07, 6.45) is -4.50. The first-order valence-electron chi connectivity index (χ1n) is 4.80. The Hall–Kier alpha value is -1.86. The molecule has 1 amide bonds. The highest BCUT2D eigenvalue weighted by atomic mass is 19.4. The first-order chi connectivity index (χ1) is 8.28. The van der Waals surface area contributed by atoms with Crippen LogP contribution < -0.4 is 10.6 Å². The molecule has 18 heavy (non-hydrogen) atoms. The third-order valence-corrected chi connectivity index (χ3v) is 1.86. The van der Waals surface area contributed by atoms with Crippen LogP contribution in [0.4, 0.5) is 27.6 Å². The molecule has 0 aliphatic carbocycles. The molecular formula is C10H9F5N2O. The standard InChI is InChI=1S/C10H9F5N2O/c11-6-1-2-8(7(12)3-6)16-4-9(18)17-5-10(13,14)15/h1-3,16H,4-5H2,(H,17,18). The van der Waals surface area contributed by atoms with E-state index in [4.69, 9.17) is 0 Å². The van der Waals surface area contributed by atoms with E-state index in [1.807, 2.05) is 0 Å². The molecule has 0 atom stereocenters. The Bertz CT molecular complexity index is 433. The first-order valence-corrected chi connectivity index (χ1v) is 4.80. The minimum absolute atomic E-state index is 0.168. The molecule has 0 radical (unpaired) electrons. The Morgan fingerprint density at radius 1 is 1.22 bits per heavy atom. The Labute approximate surface area is 99.0 Å². The van der Waals surface area contributed by atoms with Crippen molar-refractivity contribution in [3.05, 3.63) is 29.8 Å². The summed E-state index contributed by atoms with van der Waals surface area (Å²) in [4.78, 5) is 11.0. The van der Waals surface area contributed by atoms with Gasteiger partial charge in [0, 0.05) is 6.07 Å². The summed E-state index contributed by atoms with van der Waals surface area (Å²) in [7, 11) is 0. The fourth-order valence-electron chi connectivity index (χ4n) is 1.07. The summed E-state index contributed by atoms with van der Waals surface area (Å²) >= 11 is 0. The largest absolute Gasteiger partial charge is 0.405 e. The number of alkyl halides is 3. The fourth-order valence-corrected chi connectivity index (χ4v) is 1.07. The number of anilines is 1. The molecule has 100 valence electrons. The molecule has 3 nitrogen and oxygen atoms in total. The van der Waals surface area contributed by atoms with Gasteiger partial charge in [-0.05, 0) is 12.1 Å². The van der Waals surface area contributed by atoms with Crippen LogP contribution in [-0.2, 0) is 4.79 Å². The number of benzene rings is 1. The summed E-state index contributed by atoms with van der Waals surface area (Å²) in [5.41, 5.74) is -0.168. The van der Waals surface area contributed by atoms with Crippen molar-refractivity contribution in [3.8, 4) is 0 Å². The molecule has 0 aliphatic rings. The Morgan fingerprint density at radius 3 is 2.44 bits per heavy atom. The van der Waals surface area contributed by atoms with Crippen LogP contribution >= 0.6 is 0 Å². The zero-order valence-electron chi connectivity index (χ0n) is 8.94. The smallest absolute Gasteiger partial charge is 0.374 e. The van der Waals surface area contributed by atoms with Crippen molar-refractivity contribution in [2.75, 3.05) is 18.4 Å². The third kappa shape index (κ3) is 4.98. The number of carbonyl (C=O) groups excluding carboxylic acids is 1. The van der Waals surface area contributed by atoms with Gasteiger partial charge in [-0.15, -0.1) is 0 Å². The second-order valence-corrected chi connectivity index (χ2v) is 3.37. The molecule has 1 rings (SSSR count). The van der Waals surface area contributed by atoms with Gasteiger partial charge in [-0.3, -0.25) is 4.79 Å². The van der Waals surface area contributed by atoms with Gasteiger partial charge in [0.25, 0.3) is 0 Å². The van der Waals surface area contributed by atoms with E-state index < -0.39 is 36.8 Å². The lowest BCUT2D eigenvalue weighted by Crippen LogP contribution is -2.37. The van der Waals surface area contributed by atoms with Crippen molar-refractivity contribution >= 4 is 11.6 Å². The van der Waals surface area contributed by atoms with Gasteiger partial charge in [-0.2, -0.15) is 13.2 Å². The normalized spacial score (nSPS) is 11.2. The van der Waals surface area contributed by atoms with Crippen LogP contribution in [0.25, 0.3) is 0 Å². The summed E-state index contributed by atoms with van der Waals surface area (Å²) in [5, 5.41) is 3.86. The maximum Gasteiger partial charge on any atom is 0.405 e. The van der Waals surface area contributed by atoms with E-state index in [1.165, 1.54) is 0 Å². The minimum atomic E-state index is -4.50. The number of halogens is 5. The van der Waals surface area contributed by atoms with E-state index >= 15 is 0 Å². The van der Waals surface area contributed by atoms with Crippen LogP contribution in [-0.4, -0.2) is 25.2 Å². The molecule has 2 N–H and O–H groups in total. The van der Waals surface area contributed by atoms with E-state index in [0.29, 0.717) is 6.07 Å². The van der Waals surface area contributed by atoms with Crippen molar-refractivity contribution in [1.82, 2.24) is 5.32 Å². The predicted octanol–water partition coefficient (Wildman–Crippen LogP) is 2.06. The van der Waals surface area contributed by atoms with Gasteiger partial charge in [-0.25, -0.2) is 8.78 Å². The van der Waals surface area contributed by atoms with Crippen LogP contribution in [0, 0.1) is 11.6 Å². The molecule has 0 saturated carbocycles. The van der Waals surface area contributed by atoms with Crippen LogP contribution in [0.3, 0.4) is 0 Å². The summed E-state index contributed by atoms with van der Waals surface area (Å²) < 4.78 is 60.8. The molecule has 0 bridgehead atoms. The van der Waals surface area contributed by atoms with Crippen molar-refractivity contribution in [2.45, 2.75) is 6.18 Å². The van der Waals surface area contributed by atoms with Gasteiger partial charge in [0.1, 0.15) is 18.2 Å². The molecule has 0 saturated heterocycles. The zero-order chi connectivity index (χ0) is 13.8. The number of rotatable bonds is 4. The maximum absolute atomic E-state index is 13.1. The summed E-state index contributed by atoms with van der Waals surface area (Å²) in [6.45, 7) is -2.00. The average Bonchev–Trinajstić information content (AvgIpc) is 2.24. The van der Waals surface area contributed by atoms with Gasteiger partial charge in [0.2, 0.25) is 5.91 Å². The van der Waals surface area contributed by atoms with E-state index in [-0.39, 0.29) is 5.69 Å². The van der Waals surface area contributed by atoms with Crippen LogP contribution in [0.1, 0.15) is 0 Å². The Balaban J connectivity index is 2.43. The lowest BCUT2D eigenvalue weighted by atomic mass is 10.3. The fraction of sp³-hybridized carbons (Fsp3) is 0.300. The number of hydrogen-bond donors (Lipinski definition) is 2. The van der Waals surface area contributed by atoms with Crippen LogP contribution in [0.15, 0.2) is 18.2 Å². The highest BCUT2D eigenvalue weighted by molar-refractivity contribution is 5.80. The average molecular weight is 268 g/mol. The molecule has 1 aromatic rings. The molecule has 0 unspecified atom stereocenters. The highest BCUT2D eigenvalue weighted by Crippen LogP contribution is 2.14. The van der Waals surface area contributed by atoms with Crippen LogP contribution in [0.5, 0.6) is 0 Å². The molecular weight excluding hydrogens is 259 g/mol. The summed E-state index contributed by atoms with van der Waals surface area (Å²) in [6, 6.07) is 2.59. The second kappa shape index (κ2) is 5.65. The van der Waals surface area contributed by atoms with E-state index in [0.717, 1.165) is 12.1 Å². The number of nitrogens with one attached hydrogen (secondary N) is 2. The molecule has 1 aromatic carbocycles. The second-order valence-electron chi connectivity index (χ2n) is 3.37. The molecule has 0 spiro atoms. The lowest BCUT2D eigenvalue weighted by molar-refractivity contribution is -0.137. The van der Waals surface area contributed by atoms with Crippen molar-refractivity contribution in [2.24, 2.45) is 0 Å². The molecule has 0 heterocycles. The number of carbonyl (C=O) groups is 1. The third-order valence-electron chi connectivity index (χ3n) is 1.86. The Morgan fingerprint density at radius 2 is 1.89 bits per heavy atom. The van der Waals surface area contributed by atoms with E-state index in [1.54, 1.807) is 5.32 Å². The van der Waals surface area contributed by atoms with E-state index in [2.05, 4.69) is 5.32 Å². The molecule has 0 aromatic heterocycles. The first kappa shape index (κ1) is 14.2. The predicted molar refractivity (Wildman–Crippen MR) is 53.9 cm³/mol. The van der Waals surface area contributed by atoms with Crippen molar-refractivity contribution in [1.29, 1.82) is 0 Å². The van der Waals surface area contributed by atoms with Gasteiger partial charge < -0.3 is 10.6 Å². The number of hydrogen-bond acceptors (Lipinski definition) is 2. The zero-order valence-corrected chi connectivity index (χ0v) is 8.94. The van der Waals surface area contributed by atoms with Gasteiger partial charge in [0.05, 0.1) is 12.2 Å². The highest BCUT2D eigenvalue weighted by Gasteiger charge is 2.27. The van der Waals surface area contributed by atoms with Gasteiger partial charge in [-0.1, -0.05) is 0 Å². The quantitative estimate of drug-likeness (QED) is 0.821. The molecule has 8 heteroatoms. The Kier molecular flexibility index (Phi) is 4.46. The molecule has 0 aliphatic heterocycles. The topological polar surface area (TPSA) is 41.1 Å². The molecule has 0 fully saturated rings. The summed E-state index contributed by atoms with van der Waals surface area (Å²) in [5.74, 6) is -2.67. The van der Waals surface area contributed by atoms with Crippen molar-refractivity contribution in [3.63, 3.8) is 0 Å². The van der Waals surface area contributed by atoms with Gasteiger partial charge in [0.15, 0.2) is 0 Å². The monoisotopic (exact) mass is 268 g/mol. The number of amides is 1. The SMILES string of the molecule is O=C(CNc1ccc(F)cc1F)NCC(F)(F)F. The van der Waals surface area contributed by atoms with Gasteiger partial charge >= 0.3 is 6.18 Å². The lowest BCUT2D eigenvalue weighted by Gasteiger charge is -2.10. The van der Waals surface area contributed by atoms with Crippen molar-refractivity contribution < 1.29 is 26.7 Å². The minimum Gasteiger partial charge on any atom is -0.374 e.